The number of benzene rings is 1. The fourth-order valence-electron chi connectivity index (χ4n) is 2.98. The highest BCUT2D eigenvalue weighted by molar-refractivity contribution is 7.09. The first-order valence-corrected chi connectivity index (χ1v) is 9.89. The molecule has 0 fully saturated rings. The SMILES string of the molecule is O=C(COC(=O)c1ccc2c(c1)C(=O)N(Cc1ccco1)C2=O)NCc1cccs1. The summed E-state index contributed by atoms with van der Waals surface area (Å²) in [5, 5.41) is 4.55. The number of hydrogen-bond acceptors (Lipinski definition) is 7. The van der Waals surface area contributed by atoms with Crippen LogP contribution in [0.4, 0.5) is 0 Å². The molecule has 0 aliphatic carbocycles. The van der Waals surface area contributed by atoms with Gasteiger partial charge in [0.2, 0.25) is 0 Å². The molecule has 0 bridgehead atoms. The Labute approximate surface area is 175 Å². The number of esters is 1. The van der Waals surface area contributed by atoms with Gasteiger partial charge in [-0.15, -0.1) is 11.3 Å². The van der Waals surface area contributed by atoms with E-state index >= 15 is 0 Å². The fourth-order valence-corrected chi connectivity index (χ4v) is 3.63. The normalized spacial score (nSPS) is 12.7. The van der Waals surface area contributed by atoms with Gasteiger partial charge < -0.3 is 14.5 Å². The van der Waals surface area contributed by atoms with E-state index in [0.717, 1.165) is 9.78 Å². The van der Waals surface area contributed by atoms with E-state index in [0.29, 0.717) is 12.3 Å². The minimum absolute atomic E-state index is 0.00351. The summed E-state index contributed by atoms with van der Waals surface area (Å²) in [7, 11) is 0. The van der Waals surface area contributed by atoms with Crippen molar-refractivity contribution in [1.82, 2.24) is 10.2 Å². The minimum Gasteiger partial charge on any atom is -0.467 e. The van der Waals surface area contributed by atoms with Gasteiger partial charge in [-0.3, -0.25) is 19.3 Å². The summed E-state index contributed by atoms with van der Waals surface area (Å²) < 4.78 is 10.2. The molecule has 1 aliphatic rings. The van der Waals surface area contributed by atoms with Gasteiger partial charge >= 0.3 is 5.97 Å². The molecule has 8 nitrogen and oxygen atoms in total. The average molecular weight is 424 g/mol. The van der Waals surface area contributed by atoms with Crippen LogP contribution in [0.3, 0.4) is 0 Å². The third kappa shape index (κ3) is 4.01. The van der Waals surface area contributed by atoms with Crippen molar-refractivity contribution in [3.63, 3.8) is 0 Å². The Morgan fingerprint density at radius 2 is 1.90 bits per heavy atom. The summed E-state index contributed by atoms with van der Waals surface area (Å²) in [6.07, 6.45) is 1.46. The number of rotatable bonds is 7. The zero-order valence-electron chi connectivity index (χ0n) is 15.6. The van der Waals surface area contributed by atoms with Crippen LogP contribution in [0.5, 0.6) is 0 Å². The number of thiophene rings is 1. The summed E-state index contributed by atoms with van der Waals surface area (Å²) in [5.41, 5.74) is 0.403. The molecule has 1 aliphatic heterocycles. The highest BCUT2D eigenvalue weighted by atomic mass is 32.1. The molecular weight excluding hydrogens is 408 g/mol. The summed E-state index contributed by atoms with van der Waals surface area (Å²) in [4.78, 5) is 51.3. The lowest BCUT2D eigenvalue weighted by Gasteiger charge is -2.11. The zero-order chi connectivity index (χ0) is 21.1. The average Bonchev–Trinajstić information content (AvgIpc) is 3.50. The third-order valence-corrected chi connectivity index (χ3v) is 5.35. The first kappa shape index (κ1) is 19.6. The molecule has 2 aromatic heterocycles. The zero-order valence-corrected chi connectivity index (χ0v) is 16.4. The van der Waals surface area contributed by atoms with Gasteiger partial charge in [0.15, 0.2) is 6.61 Å². The van der Waals surface area contributed by atoms with Crippen LogP contribution < -0.4 is 5.32 Å². The quantitative estimate of drug-likeness (QED) is 0.462. The van der Waals surface area contributed by atoms with Crippen LogP contribution in [-0.4, -0.2) is 35.2 Å². The number of carbonyl (C=O) groups is 4. The Bertz CT molecular complexity index is 1100. The maximum Gasteiger partial charge on any atom is 0.338 e. The van der Waals surface area contributed by atoms with Crippen LogP contribution in [0.2, 0.25) is 0 Å². The first-order chi connectivity index (χ1) is 14.5. The van der Waals surface area contributed by atoms with E-state index < -0.39 is 30.3 Å². The van der Waals surface area contributed by atoms with Gasteiger partial charge in [0, 0.05) is 4.88 Å². The lowest BCUT2D eigenvalue weighted by atomic mass is 10.1. The lowest BCUT2D eigenvalue weighted by molar-refractivity contribution is -0.124. The predicted molar refractivity (Wildman–Crippen MR) is 106 cm³/mol. The predicted octanol–water partition coefficient (Wildman–Crippen LogP) is 2.61. The Kier molecular flexibility index (Phi) is 5.44. The Balaban J connectivity index is 1.38. The number of imide groups is 1. The van der Waals surface area contributed by atoms with Crippen molar-refractivity contribution in [3.8, 4) is 0 Å². The lowest BCUT2D eigenvalue weighted by Crippen LogP contribution is -2.28. The van der Waals surface area contributed by atoms with Gasteiger partial charge in [0.05, 0.1) is 36.0 Å². The molecule has 3 heterocycles. The smallest absolute Gasteiger partial charge is 0.338 e. The number of fused-ring (bicyclic) bond motifs is 1. The third-order valence-electron chi connectivity index (χ3n) is 4.47. The molecule has 9 heteroatoms. The number of nitrogens with one attached hydrogen (secondary N) is 1. The fraction of sp³-hybridized carbons (Fsp3) is 0.143. The highest BCUT2D eigenvalue weighted by Crippen LogP contribution is 2.26. The van der Waals surface area contributed by atoms with E-state index in [1.165, 1.54) is 35.8 Å². The molecule has 0 radical (unpaired) electrons. The monoisotopic (exact) mass is 424 g/mol. The van der Waals surface area contributed by atoms with Crippen LogP contribution in [0.1, 0.15) is 41.7 Å². The Morgan fingerprint density at radius 3 is 2.63 bits per heavy atom. The molecule has 30 heavy (non-hydrogen) atoms. The highest BCUT2D eigenvalue weighted by Gasteiger charge is 2.36. The second-order valence-corrected chi connectivity index (χ2v) is 7.50. The van der Waals surface area contributed by atoms with E-state index in [-0.39, 0.29) is 23.2 Å². The first-order valence-electron chi connectivity index (χ1n) is 9.02. The topological polar surface area (TPSA) is 106 Å². The van der Waals surface area contributed by atoms with Crippen LogP contribution >= 0.6 is 11.3 Å². The summed E-state index contributed by atoms with van der Waals surface area (Å²) in [5.74, 6) is -1.70. The van der Waals surface area contributed by atoms with Crippen LogP contribution in [0.15, 0.2) is 58.5 Å². The largest absolute Gasteiger partial charge is 0.467 e. The van der Waals surface area contributed by atoms with Crippen molar-refractivity contribution in [2.45, 2.75) is 13.1 Å². The number of amides is 3. The molecule has 1 N–H and O–H groups in total. The molecule has 0 saturated carbocycles. The van der Waals surface area contributed by atoms with Gasteiger partial charge in [0.25, 0.3) is 17.7 Å². The molecule has 0 saturated heterocycles. The number of ether oxygens (including phenoxy) is 1. The van der Waals surface area contributed by atoms with Crippen molar-refractivity contribution >= 4 is 35.0 Å². The van der Waals surface area contributed by atoms with Gasteiger partial charge in [-0.2, -0.15) is 0 Å². The van der Waals surface area contributed by atoms with E-state index in [2.05, 4.69) is 5.32 Å². The number of nitrogens with zero attached hydrogens (tertiary/aromatic N) is 1. The summed E-state index contributed by atoms with van der Waals surface area (Å²) in [6, 6.07) is 11.2. The standard InChI is InChI=1S/C21H16N2O6S/c24-18(22-10-15-4-2-8-30-15)12-29-21(27)13-5-6-16-17(9-13)20(26)23(19(16)25)11-14-3-1-7-28-14/h1-9H,10-12H2,(H,22,24). The molecule has 152 valence electrons. The molecule has 0 unspecified atom stereocenters. The summed E-state index contributed by atoms with van der Waals surface area (Å²) >= 11 is 1.51. The van der Waals surface area contributed by atoms with E-state index in [4.69, 9.17) is 9.15 Å². The van der Waals surface area contributed by atoms with Crippen LogP contribution in [-0.2, 0) is 22.6 Å². The van der Waals surface area contributed by atoms with Crippen molar-refractivity contribution in [3.05, 3.63) is 81.4 Å². The van der Waals surface area contributed by atoms with Crippen LogP contribution in [0, 0.1) is 0 Å². The van der Waals surface area contributed by atoms with Gasteiger partial charge in [-0.05, 0) is 41.8 Å². The van der Waals surface area contributed by atoms with Gasteiger partial charge in [-0.25, -0.2) is 4.79 Å². The van der Waals surface area contributed by atoms with E-state index in [1.54, 1.807) is 12.1 Å². The van der Waals surface area contributed by atoms with Crippen molar-refractivity contribution in [1.29, 1.82) is 0 Å². The van der Waals surface area contributed by atoms with Crippen molar-refractivity contribution in [2.75, 3.05) is 6.61 Å². The van der Waals surface area contributed by atoms with E-state index in [1.807, 2.05) is 17.5 Å². The molecule has 0 atom stereocenters. The molecular formula is C21H16N2O6S. The summed E-state index contributed by atoms with van der Waals surface area (Å²) in [6.45, 7) is -0.0860. The number of furan rings is 1. The van der Waals surface area contributed by atoms with Gasteiger partial charge in [0.1, 0.15) is 5.76 Å². The number of hydrogen-bond donors (Lipinski definition) is 1. The maximum absolute atomic E-state index is 12.6. The van der Waals surface area contributed by atoms with Crippen molar-refractivity contribution < 1.29 is 28.3 Å². The van der Waals surface area contributed by atoms with Crippen molar-refractivity contribution in [2.24, 2.45) is 0 Å². The van der Waals surface area contributed by atoms with E-state index in [9.17, 15) is 19.2 Å². The van der Waals surface area contributed by atoms with Crippen LogP contribution in [0.25, 0.3) is 0 Å². The molecule has 3 amide bonds. The molecule has 0 spiro atoms. The Morgan fingerprint density at radius 1 is 1.07 bits per heavy atom. The molecule has 1 aromatic carbocycles. The van der Waals surface area contributed by atoms with Gasteiger partial charge in [-0.1, -0.05) is 6.07 Å². The minimum atomic E-state index is -0.756. The molecule has 3 aromatic rings. The Hall–Kier alpha value is -3.72. The maximum atomic E-state index is 12.6. The second kappa shape index (κ2) is 8.34. The number of carbonyl (C=O) groups excluding carboxylic acids is 4. The molecule has 4 rings (SSSR count). The second-order valence-electron chi connectivity index (χ2n) is 6.47.